The third-order valence-electron chi connectivity index (χ3n) is 4.82. The van der Waals surface area contributed by atoms with Crippen molar-refractivity contribution in [3.63, 3.8) is 0 Å². The number of benzene rings is 2. The van der Waals surface area contributed by atoms with Gasteiger partial charge in [0.2, 0.25) is 0 Å². The first-order valence-electron chi connectivity index (χ1n) is 9.58. The molecule has 174 valence electrons. The number of carbonyl (C=O) groups is 1. The van der Waals surface area contributed by atoms with Crippen LogP contribution in [0.5, 0.6) is 0 Å². The normalized spacial score (nSPS) is 16.1. The van der Waals surface area contributed by atoms with Crippen molar-refractivity contribution in [2.75, 3.05) is 18.5 Å². The van der Waals surface area contributed by atoms with Crippen LogP contribution < -0.4 is 5.06 Å². The predicted octanol–water partition coefficient (Wildman–Crippen LogP) is 3.54. The highest BCUT2D eigenvalue weighted by molar-refractivity contribution is 6.31. The van der Waals surface area contributed by atoms with Gasteiger partial charge in [-0.1, -0.05) is 47.1 Å². The van der Waals surface area contributed by atoms with Crippen LogP contribution in [0.2, 0.25) is 5.02 Å². The Kier molecular flexibility index (Phi) is 6.51. The molecule has 1 aliphatic rings. The number of alkyl halides is 3. The number of aromatic nitrogens is 3. The zero-order chi connectivity index (χ0) is 23.6. The fraction of sp³-hybridized carbons (Fsp3) is 0.250. The second kappa shape index (κ2) is 9.35. The lowest BCUT2D eigenvalue weighted by molar-refractivity contribution is -0.282. The molecule has 13 heteroatoms. The number of aliphatic carboxylic acids is 1. The number of anilines is 1. The van der Waals surface area contributed by atoms with Gasteiger partial charge in [-0.05, 0) is 23.8 Å². The maximum absolute atomic E-state index is 12.9. The smallest absolute Gasteiger partial charge is 0.436 e. The minimum absolute atomic E-state index is 0.182. The number of rotatable bonds is 6. The molecular weight excluding hydrogens is 467 g/mol. The second-order valence-corrected chi connectivity index (χ2v) is 7.47. The van der Waals surface area contributed by atoms with E-state index in [1.54, 1.807) is 24.3 Å². The molecule has 2 aromatic carbocycles. The summed E-state index contributed by atoms with van der Waals surface area (Å²) in [7, 11) is 0. The van der Waals surface area contributed by atoms with Crippen LogP contribution in [0.25, 0.3) is 5.69 Å². The number of carboxylic acids is 1. The highest BCUT2D eigenvalue weighted by Gasteiger charge is 2.35. The summed E-state index contributed by atoms with van der Waals surface area (Å²) < 4.78 is 39.7. The van der Waals surface area contributed by atoms with E-state index in [2.05, 4.69) is 10.3 Å². The Bertz CT molecular complexity index is 1120. The molecule has 1 atom stereocenters. The molecule has 1 fully saturated rings. The summed E-state index contributed by atoms with van der Waals surface area (Å²) >= 11 is 6.08. The number of hydrogen-bond donors (Lipinski definition) is 1. The van der Waals surface area contributed by atoms with Crippen molar-refractivity contribution < 1.29 is 32.7 Å². The molecule has 4 rings (SSSR count). The van der Waals surface area contributed by atoms with Gasteiger partial charge in [-0.2, -0.15) is 13.2 Å². The highest BCUT2D eigenvalue weighted by Crippen LogP contribution is 2.32. The van der Waals surface area contributed by atoms with Gasteiger partial charge < -0.3 is 5.11 Å². The molecule has 3 aromatic rings. The summed E-state index contributed by atoms with van der Waals surface area (Å²) in [5.41, 5.74) is 0.115. The number of nitrogens with zero attached hydrogens (tertiary/aromatic N) is 5. The molecule has 2 heterocycles. The van der Waals surface area contributed by atoms with Gasteiger partial charge in [0.15, 0.2) is 19.2 Å². The molecular formula is C20H17ClF3N5O4. The number of halogens is 4. The molecule has 9 nitrogen and oxygen atoms in total. The summed E-state index contributed by atoms with van der Waals surface area (Å²) in [4.78, 5) is 23.1. The molecule has 0 aliphatic carbocycles. The van der Waals surface area contributed by atoms with Crippen LogP contribution in [0.4, 0.5) is 18.9 Å². The van der Waals surface area contributed by atoms with Gasteiger partial charge in [-0.3, -0.25) is 14.5 Å². The Hall–Kier alpha value is -3.19. The molecule has 1 unspecified atom stereocenters. The van der Waals surface area contributed by atoms with E-state index in [4.69, 9.17) is 21.3 Å². The second-order valence-electron chi connectivity index (χ2n) is 7.03. The van der Waals surface area contributed by atoms with Gasteiger partial charge in [-0.15, -0.1) is 10.2 Å². The lowest BCUT2D eigenvalue weighted by Gasteiger charge is -2.37. The third kappa shape index (κ3) is 5.25. The Morgan fingerprint density at radius 1 is 1.12 bits per heavy atom. The SMILES string of the molecule is O=C(O)C(Cc1ccccc1)N1CON(c2cc(Cl)ccc2-n2cc(C(F)(F)F)nn2)CO1. The Morgan fingerprint density at radius 2 is 1.88 bits per heavy atom. The van der Waals surface area contributed by atoms with Crippen LogP contribution in [-0.2, 0) is 27.1 Å². The van der Waals surface area contributed by atoms with E-state index in [1.165, 1.54) is 28.3 Å². The Labute approximate surface area is 190 Å². The zero-order valence-corrected chi connectivity index (χ0v) is 17.6. The quantitative estimate of drug-likeness (QED) is 0.569. The zero-order valence-electron chi connectivity index (χ0n) is 16.8. The standard InChI is InChI=1S/C20H17ClF3N5O4/c21-14-6-7-15(27-10-18(25-26-27)20(22,23)24)16(9-14)28-11-33-29(12-32-28)17(19(30)31)8-13-4-2-1-3-5-13/h1-7,9-10,17H,8,11-12H2,(H,30,31). The number of hydroxylamine groups is 3. The van der Waals surface area contributed by atoms with Crippen molar-refractivity contribution >= 4 is 23.3 Å². The van der Waals surface area contributed by atoms with Crippen LogP contribution >= 0.6 is 11.6 Å². The van der Waals surface area contributed by atoms with E-state index in [1.807, 2.05) is 6.07 Å². The largest absolute Gasteiger partial charge is 0.480 e. The maximum atomic E-state index is 12.9. The van der Waals surface area contributed by atoms with Crippen molar-refractivity contribution in [3.05, 3.63) is 71.0 Å². The monoisotopic (exact) mass is 483 g/mol. The van der Waals surface area contributed by atoms with Crippen LogP contribution in [-0.4, -0.2) is 50.6 Å². The first-order valence-corrected chi connectivity index (χ1v) is 9.96. The average molecular weight is 484 g/mol. The van der Waals surface area contributed by atoms with Crippen molar-refractivity contribution in [1.29, 1.82) is 0 Å². The average Bonchev–Trinajstić information content (AvgIpc) is 3.29. The van der Waals surface area contributed by atoms with Crippen molar-refractivity contribution in [1.82, 2.24) is 20.1 Å². The lowest BCUT2D eigenvalue weighted by Crippen LogP contribution is -2.51. The van der Waals surface area contributed by atoms with Crippen LogP contribution in [0.15, 0.2) is 54.7 Å². The van der Waals surface area contributed by atoms with Gasteiger partial charge in [0, 0.05) is 11.4 Å². The van der Waals surface area contributed by atoms with E-state index in [0.29, 0.717) is 5.02 Å². The predicted molar refractivity (Wildman–Crippen MR) is 109 cm³/mol. The molecule has 0 amide bonds. The molecule has 1 aliphatic heterocycles. The maximum Gasteiger partial charge on any atom is 0.436 e. The fourth-order valence-electron chi connectivity index (χ4n) is 3.20. The molecule has 1 saturated heterocycles. The van der Waals surface area contributed by atoms with E-state index in [9.17, 15) is 23.1 Å². The molecule has 1 aromatic heterocycles. The summed E-state index contributed by atoms with van der Waals surface area (Å²) in [6, 6.07) is 12.4. The molecule has 0 radical (unpaired) electrons. The summed E-state index contributed by atoms with van der Waals surface area (Å²) in [6.07, 6.45) is -3.73. The fourth-order valence-corrected chi connectivity index (χ4v) is 3.36. The minimum atomic E-state index is -4.65. The van der Waals surface area contributed by atoms with Crippen LogP contribution in [0, 0.1) is 0 Å². The van der Waals surface area contributed by atoms with Gasteiger partial charge in [0.05, 0.1) is 17.6 Å². The van der Waals surface area contributed by atoms with Crippen LogP contribution in [0.1, 0.15) is 11.3 Å². The molecule has 1 N–H and O–H groups in total. The summed E-state index contributed by atoms with van der Waals surface area (Å²) in [6.45, 7) is -0.492. The lowest BCUT2D eigenvalue weighted by atomic mass is 10.1. The molecule has 0 spiro atoms. The van der Waals surface area contributed by atoms with Crippen molar-refractivity contribution in [2.24, 2.45) is 0 Å². The van der Waals surface area contributed by atoms with Gasteiger partial charge in [0.1, 0.15) is 6.04 Å². The Morgan fingerprint density at radius 3 is 2.48 bits per heavy atom. The van der Waals surface area contributed by atoms with Gasteiger partial charge >= 0.3 is 12.1 Å². The molecule has 0 saturated carbocycles. The summed E-state index contributed by atoms with van der Waals surface area (Å²) in [5, 5.41) is 19.1. The minimum Gasteiger partial charge on any atom is -0.480 e. The van der Waals surface area contributed by atoms with E-state index in [-0.39, 0.29) is 31.3 Å². The summed E-state index contributed by atoms with van der Waals surface area (Å²) in [5.74, 6) is -1.10. The van der Waals surface area contributed by atoms with Crippen molar-refractivity contribution in [3.8, 4) is 5.69 Å². The van der Waals surface area contributed by atoms with Gasteiger partial charge in [-0.25, -0.2) is 9.75 Å². The number of hydrogen-bond acceptors (Lipinski definition) is 7. The topological polar surface area (TPSA) is 93.0 Å². The van der Waals surface area contributed by atoms with E-state index in [0.717, 1.165) is 16.4 Å². The third-order valence-corrected chi connectivity index (χ3v) is 5.06. The van der Waals surface area contributed by atoms with E-state index < -0.39 is 23.9 Å². The molecule has 33 heavy (non-hydrogen) atoms. The highest BCUT2D eigenvalue weighted by atomic mass is 35.5. The van der Waals surface area contributed by atoms with Crippen molar-refractivity contribution in [2.45, 2.75) is 18.6 Å². The first-order chi connectivity index (χ1) is 15.7. The Balaban J connectivity index is 1.52. The number of carboxylic acid groups (broad SMARTS) is 1. The van der Waals surface area contributed by atoms with E-state index >= 15 is 0 Å². The van der Waals surface area contributed by atoms with Crippen LogP contribution in [0.3, 0.4) is 0 Å². The molecule has 0 bridgehead atoms. The first kappa shape index (κ1) is 23.0. The van der Waals surface area contributed by atoms with Gasteiger partial charge in [0.25, 0.3) is 0 Å².